The lowest BCUT2D eigenvalue weighted by Gasteiger charge is -2.51. The second kappa shape index (κ2) is 63.3. The maximum atomic E-state index is 13.7. The molecule has 4 amide bonds. The van der Waals surface area contributed by atoms with Crippen molar-refractivity contribution in [2.75, 3.05) is 52.9 Å². The Morgan fingerprint density at radius 2 is 0.717 bits per heavy atom. The van der Waals surface area contributed by atoms with Crippen LogP contribution in [0.2, 0.25) is 0 Å². The fourth-order valence-electron chi connectivity index (χ4n) is 18.7. The second-order valence-corrected chi connectivity index (χ2v) is 37.7. The van der Waals surface area contributed by atoms with Crippen LogP contribution in [0.25, 0.3) is 0 Å². The summed E-state index contributed by atoms with van der Waals surface area (Å²) in [5.74, 6) is -8.53. The maximum absolute atomic E-state index is 13.7. The molecule has 0 aliphatic carbocycles. The molecular weight excluding hydrogens is 1830 g/mol. The number of carboxylic acids is 1. The van der Waals surface area contributed by atoms with Crippen molar-refractivity contribution in [3.05, 3.63) is 12.2 Å². The van der Waals surface area contributed by atoms with Gasteiger partial charge in [0.15, 0.2) is 37.7 Å². The van der Waals surface area contributed by atoms with Crippen molar-refractivity contribution in [3.63, 3.8) is 0 Å². The normalized spacial score (nSPS) is 36.2. The van der Waals surface area contributed by atoms with Gasteiger partial charge in [-0.05, 0) is 19.3 Å². The van der Waals surface area contributed by atoms with Crippen molar-refractivity contribution >= 4 is 29.6 Å². The molecule has 0 aromatic rings. The topological polar surface area (TPSA) is 708 Å². The van der Waals surface area contributed by atoms with Gasteiger partial charge in [0.1, 0.15) is 165 Å². The number of amides is 4. The molecule has 7 saturated heterocycles. The van der Waals surface area contributed by atoms with Crippen LogP contribution in [-0.4, -0.2) is 427 Å². The summed E-state index contributed by atoms with van der Waals surface area (Å²) in [5, 5.41) is 258. The first-order valence-corrected chi connectivity index (χ1v) is 50.1. The number of nitrogens with one attached hydrogen (secondary N) is 4. The average Bonchev–Trinajstić information content (AvgIpc) is 0.726. The summed E-state index contributed by atoms with van der Waals surface area (Å²) in [4.78, 5) is 65.5. The SMILES string of the molecule is CCCCCCCCCCCCC/C=C/[C@@H](O)[C@H](CO[C@@H]1OC(CO)[C@@H](O[C@@H]2OC(CO)[C@H](O)[C@H](O[C@@H]3OC(CO)[C@@H](O[C@@H]4OC(CO)[C@H](O)[C@H](O[C@@H]5OC(CO)[C@@H](O)[C@H](O[C@@H]6OC(CO)[C@H](O)[C@H](O[C@]7(C(=O)O)CC(O)[C@@H](NC(C)=O)C([C@H](O)[C@H](O)CO)O7)C6O)C5NC(C)=O)C4O)[C@H](O)C3NC(C)=O)C2O)[C@H](O)C1O)NC(=O)CCCCCCCCCCCCCCCCCCCCCCC. The van der Waals surface area contributed by atoms with Crippen LogP contribution in [0.5, 0.6) is 0 Å². The van der Waals surface area contributed by atoms with Crippen molar-refractivity contribution in [2.24, 2.45) is 0 Å². The summed E-state index contributed by atoms with van der Waals surface area (Å²) in [6.07, 6.45) is -27.6. The van der Waals surface area contributed by atoms with Gasteiger partial charge in [0.2, 0.25) is 23.6 Å². The summed E-state index contributed by atoms with van der Waals surface area (Å²) in [7, 11) is 0. The Morgan fingerprint density at radius 3 is 1.13 bits per heavy atom. The fraction of sp³-hybridized carbons (Fsp3) is 0.925. The molecule has 45 heteroatoms. The van der Waals surface area contributed by atoms with E-state index in [1.165, 1.54) is 148 Å². The number of hydrogen-bond acceptors (Lipinski definition) is 40. The van der Waals surface area contributed by atoms with E-state index in [0.29, 0.717) is 12.8 Å². The molecule has 7 aliphatic heterocycles. The van der Waals surface area contributed by atoms with Crippen LogP contribution >= 0.6 is 0 Å². The lowest BCUT2D eigenvalue weighted by atomic mass is 9.88. The third-order valence-electron chi connectivity index (χ3n) is 26.7. The molecule has 138 heavy (non-hydrogen) atoms. The first kappa shape index (κ1) is 121. The number of aliphatic carboxylic acids is 1. The Bertz CT molecular complexity index is 3410. The summed E-state index contributed by atoms with van der Waals surface area (Å²) in [6, 6.07) is -6.75. The Labute approximate surface area is 807 Å². The zero-order valence-electron chi connectivity index (χ0n) is 80.5. The van der Waals surface area contributed by atoms with E-state index in [-0.39, 0.29) is 12.3 Å². The van der Waals surface area contributed by atoms with Gasteiger partial charge in [0.25, 0.3) is 5.79 Å². The van der Waals surface area contributed by atoms with Crippen molar-refractivity contribution < 1.29 is 203 Å². The number of unbranched alkanes of at least 4 members (excludes halogenated alkanes) is 31. The summed E-state index contributed by atoms with van der Waals surface area (Å²) >= 11 is 0. The minimum absolute atomic E-state index is 0.151. The van der Waals surface area contributed by atoms with Gasteiger partial charge in [-0.15, -0.1) is 0 Å². The highest BCUT2D eigenvalue weighted by atomic mass is 16.8. The number of aliphatic hydroxyl groups excluding tert-OH is 21. The molecule has 7 heterocycles. The van der Waals surface area contributed by atoms with E-state index >= 15 is 0 Å². The predicted molar refractivity (Wildman–Crippen MR) is 483 cm³/mol. The van der Waals surface area contributed by atoms with Gasteiger partial charge < -0.3 is 200 Å². The minimum Gasteiger partial charge on any atom is -0.477 e. The highest BCUT2D eigenvalue weighted by Gasteiger charge is 2.63. The number of aliphatic hydroxyl groups is 21. The standard InChI is InChI=1S/C93H166N4O41/c1-6-8-10-12-14-16-18-20-21-22-23-24-25-26-27-29-31-33-35-37-39-41-64(111)97-54(55(108)40-38-36-34-32-30-28-19-17-15-13-11-9-7-2)50-125-88-75(119)74(118)80(63(49-104)131-88)133-90-76(120)83(70(114)59(45-100)128-90)135-86-66(95-52(4)106)73(117)79(62(48-103)130-86)132-89-77(121)84(71(115)60(46-101)127-89)136-87-67(96-53(5)107)81(69(113)58(44-99)126-87)134-91-78(122)85(72(116)61(47-102)129-91)138-93(92(123)124)42-56(109)65(94-51(3)105)82(137-93)68(112)57(110)43-98/h38,40,54-63,65-91,98-104,108-110,112-122H,6-37,39,41-50H2,1-5H3,(H,94,105)(H,95,106)(H,96,107)(H,97,111)(H,123,124)/b40-38+/t54-,55+,56?,57+,58?,59?,60?,61?,62?,63?,65+,66?,67?,68+,69+,70-,71-,72-,73+,74+,75?,76?,77?,78?,79+,80+,81+,82?,83-,84-,85-,86-,87-,88+,89-,90-,91-,93-/m0/s1. The van der Waals surface area contributed by atoms with E-state index in [0.717, 1.165) is 72.1 Å². The molecule has 0 aromatic carbocycles. The molecule has 0 bridgehead atoms. The number of carboxylic acid groups (broad SMARTS) is 1. The Kier molecular flexibility index (Phi) is 55.3. The van der Waals surface area contributed by atoms with Crippen molar-refractivity contribution in [1.29, 1.82) is 0 Å². The predicted octanol–water partition coefficient (Wildman–Crippen LogP) is -2.91. The average molecular weight is 2000 g/mol. The number of allylic oxidation sites excluding steroid dienone is 1. The van der Waals surface area contributed by atoms with Crippen LogP contribution in [0.1, 0.15) is 259 Å². The molecule has 7 fully saturated rings. The van der Waals surface area contributed by atoms with Gasteiger partial charge in [-0.3, -0.25) is 19.2 Å². The molecule has 0 saturated carbocycles. The van der Waals surface area contributed by atoms with Crippen molar-refractivity contribution in [2.45, 2.75) is 492 Å². The molecule has 45 nitrogen and oxygen atoms in total. The van der Waals surface area contributed by atoms with E-state index < -0.39 is 315 Å². The Morgan fingerprint density at radius 1 is 0.377 bits per heavy atom. The number of carbonyl (C=O) groups excluding carboxylic acids is 4. The first-order chi connectivity index (χ1) is 66.1. The summed E-state index contributed by atoms with van der Waals surface area (Å²) in [5.41, 5.74) is 0. The summed E-state index contributed by atoms with van der Waals surface area (Å²) < 4.78 is 83.3. The molecular formula is C93H166N4O41. The van der Waals surface area contributed by atoms with Gasteiger partial charge in [-0.1, -0.05) is 219 Å². The van der Waals surface area contributed by atoms with Crippen molar-refractivity contribution in [3.8, 4) is 0 Å². The number of rotatable bonds is 65. The van der Waals surface area contributed by atoms with E-state index in [2.05, 4.69) is 35.1 Å². The molecule has 38 atom stereocenters. The molecule has 804 valence electrons. The second-order valence-electron chi connectivity index (χ2n) is 37.7. The van der Waals surface area contributed by atoms with Crippen LogP contribution < -0.4 is 21.3 Å². The van der Waals surface area contributed by atoms with Crippen LogP contribution in [0.15, 0.2) is 12.2 Å². The minimum atomic E-state index is -3.28. The number of hydrogen-bond donors (Lipinski definition) is 26. The largest absolute Gasteiger partial charge is 0.477 e. The molecule has 14 unspecified atom stereocenters. The van der Waals surface area contributed by atoms with Gasteiger partial charge in [0, 0.05) is 33.6 Å². The zero-order chi connectivity index (χ0) is 101. The molecule has 26 N–H and O–H groups in total. The van der Waals surface area contributed by atoms with E-state index in [1.807, 2.05) is 6.08 Å². The van der Waals surface area contributed by atoms with Crippen LogP contribution in [-0.2, 0) is 90.3 Å². The van der Waals surface area contributed by atoms with E-state index in [1.54, 1.807) is 6.08 Å². The third-order valence-corrected chi connectivity index (χ3v) is 26.7. The fourth-order valence-corrected chi connectivity index (χ4v) is 18.7. The highest BCUT2D eigenvalue weighted by Crippen LogP contribution is 2.42. The highest BCUT2D eigenvalue weighted by molar-refractivity contribution is 5.77. The van der Waals surface area contributed by atoms with E-state index in [9.17, 15) is 136 Å². The molecule has 0 spiro atoms. The number of carbonyl (C=O) groups is 5. The van der Waals surface area contributed by atoms with Gasteiger partial charge in [0.05, 0.1) is 77.1 Å². The quantitative estimate of drug-likeness (QED) is 0.0214. The maximum Gasteiger partial charge on any atom is 0.364 e. The Balaban J connectivity index is 0.997. The monoisotopic (exact) mass is 2000 g/mol. The lowest BCUT2D eigenvalue weighted by molar-refractivity contribution is -0.391. The molecule has 0 radical (unpaired) electrons. The molecule has 0 aromatic heterocycles. The number of ether oxygens (including phenoxy) is 14. The van der Waals surface area contributed by atoms with Crippen LogP contribution in [0, 0.1) is 0 Å². The van der Waals surface area contributed by atoms with Gasteiger partial charge in [-0.2, -0.15) is 0 Å². The molecule has 7 rings (SSSR count). The smallest absolute Gasteiger partial charge is 0.364 e. The lowest BCUT2D eigenvalue weighted by Crippen LogP contribution is -2.72. The van der Waals surface area contributed by atoms with Gasteiger partial charge in [-0.25, -0.2) is 4.79 Å². The zero-order valence-corrected chi connectivity index (χ0v) is 80.5. The van der Waals surface area contributed by atoms with Crippen LogP contribution in [0.4, 0.5) is 0 Å². The van der Waals surface area contributed by atoms with Gasteiger partial charge >= 0.3 is 5.97 Å². The van der Waals surface area contributed by atoms with E-state index in [4.69, 9.17) is 66.3 Å². The van der Waals surface area contributed by atoms with Crippen molar-refractivity contribution in [1.82, 2.24) is 21.3 Å². The van der Waals surface area contributed by atoms with Crippen LogP contribution in [0.3, 0.4) is 0 Å². The Hall–Kier alpha value is -4.31. The molecule has 7 aliphatic rings. The first-order valence-electron chi connectivity index (χ1n) is 50.1. The third kappa shape index (κ3) is 36.1. The summed E-state index contributed by atoms with van der Waals surface area (Å²) in [6.45, 7) is -1.03.